The van der Waals surface area contributed by atoms with Crippen molar-refractivity contribution in [3.05, 3.63) is 35.6 Å². The Morgan fingerprint density at radius 1 is 1.17 bits per heavy atom. The van der Waals surface area contributed by atoms with Crippen LogP contribution in [-0.4, -0.2) is 53.7 Å². The first-order valence-corrected chi connectivity index (χ1v) is 7.44. The highest BCUT2D eigenvalue weighted by molar-refractivity contribution is 5.82. The normalized spacial score (nSPS) is 18.4. The van der Waals surface area contributed by atoms with Gasteiger partial charge in [-0.3, -0.25) is 14.4 Å². The molecule has 3 amide bonds. The molecular formula is C16H20FN3O3. The van der Waals surface area contributed by atoms with E-state index in [1.54, 1.807) is 18.2 Å². The van der Waals surface area contributed by atoms with E-state index in [0.29, 0.717) is 18.7 Å². The standard InChI is InChI=1S/C16H20FN3O3/c1-11(21)19-6-7-20(10-13(9-19)16(18)23)15(22)8-12-4-2-3-5-14(12)17/h2-5,13H,6-10H2,1H3,(H2,18,23)/t13-/m1/s1. The summed E-state index contributed by atoms with van der Waals surface area (Å²) >= 11 is 0. The van der Waals surface area contributed by atoms with Crippen LogP contribution in [0.2, 0.25) is 0 Å². The Hall–Kier alpha value is -2.44. The SMILES string of the molecule is CC(=O)N1CCN(C(=O)Cc2ccccc2F)C[C@H](C(N)=O)C1. The van der Waals surface area contributed by atoms with Crippen LogP contribution in [0.3, 0.4) is 0 Å². The van der Waals surface area contributed by atoms with E-state index in [0.717, 1.165) is 0 Å². The number of nitrogens with zero attached hydrogens (tertiary/aromatic N) is 2. The molecule has 0 saturated carbocycles. The molecule has 1 aromatic carbocycles. The van der Waals surface area contributed by atoms with Gasteiger partial charge in [-0.05, 0) is 11.6 Å². The largest absolute Gasteiger partial charge is 0.369 e. The zero-order valence-corrected chi connectivity index (χ0v) is 13.0. The van der Waals surface area contributed by atoms with Gasteiger partial charge in [0.25, 0.3) is 0 Å². The smallest absolute Gasteiger partial charge is 0.227 e. The topological polar surface area (TPSA) is 83.7 Å². The van der Waals surface area contributed by atoms with Crippen LogP contribution in [0.5, 0.6) is 0 Å². The van der Waals surface area contributed by atoms with E-state index in [9.17, 15) is 18.8 Å². The molecule has 124 valence electrons. The molecule has 2 N–H and O–H groups in total. The van der Waals surface area contributed by atoms with Crippen LogP contribution >= 0.6 is 0 Å². The molecular weight excluding hydrogens is 301 g/mol. The number of benzene rings is 1. The van der Waals surface area contributed by atoms with E-state index < -0.39 is 17.6 Å². The fraction of sp³-hybridized carbons (Fsp3) is 0.438. The predicted molar refractivity (Wildman–Crippen MR) is 81.6 cm³/mol. The minimum Gasteiger partial charge on any atom is -0.369 e. The molecule has 1 fully saturated rings. The molecule has 2 rings (SSSR count). The van der Waals surface area contributed by atoms with Gasteiger partial charge in [0.1, 0.15) is 5.82 Å². The van der Waals surface area contributed by atoms with Crippen molar-refractivity contribution in [1.82, 2.24) is 9.80 Å². The van der Waals surface area contributed by atoms with Gasteiger partial charge in [0.15, 0.2) is 0 Å². The zero-order valence-electron chi connectivity index (χ0n) is 13.0. The third-order valence-corrected chi connectivity index (χ3v) is 4.02. The number of rotatable bonds is 3. The zero-order chi connectivity index (χ0) is 17.0. The van der Waals surface area contributed by atoms with E-state index in [4.69, 9.17) is 5.73 Å². The second-order valence-electron chi connectivity index (χ2n) is 5.67. The average Bonchev–Trinajstić information content (AvgIpc) is 2.73. The number of primary amides is 1. The first-order chi connectivity index (χ1) is 10.9. The highest BCUT2D eigenvalue weighted by Gasteiger charge is 2.30. The molecule has 1 heterocycles. The Morgan fingerprint density at radius 3 is 2.39 bits per heavy atom. The molecule has 0 spiro atoms. The highest BCUT2D eigenvalue weighted by atomic mass is 19.1. The maximum absolute atomic E-state index is 13.7. The van der Waals surface area contributed by atoms with E-state index in [1.165, 1.54) is 22.8 Å². The highest BCUT2D eigenvalue weighted by Crippen LogP contribution is 2.13. The Morgan fingerprint density at radius 2 is 1.78 bits per heavy atom. The summed E-state index contributed by atoms with van der Waals surface area (Å²) in [4.78, 5) is 38.5. The molecule has 0 unspecified atom stereocenters. The van der Waals surface area contributed by atoms with Gasteiger partial charge < -0.3 is 15.5 Å². The Balaban J connectivity index is 2.11. The number of hydrogen-bond acceptors (Lipinski definition) is 3. The molecule has 1 aliphatic heterocycles. The van der Waals surface area contributed by atoms with Crippen molar-refractivity contribution < 1.29 is 18.8 Å². The molecule has 1 atom stereocenters. The van der Waals surface area contributed by atoms with Crippen LogP contribution in [-0.2, 0) is 20.8 Å². The summed E-state index contributed by atoms with van der Waals surface area (Å²) in [5.41, 5.74) is 5.67. The second kappa shape index (κ2) is 7.21. The van der Waals surface area contributed by atoms with Crippen molar-refractivity contribution in [2.75, 3.05) is 26.2 Å². The summed E-state index contributed by atoms with van der Waals surface area (Å²) in [6.07, 6.45) is -0.0851. The maximum atomic E-state index is 13.7. The van der Waals surface area contributed by atoms with Crippen molar-refractivity contribution in [3.8, 4) is 0 Å². The van der Waals surface area contributed by atoms with Crippen LogP contribution in [0.15, 0.2) is 24.3 Å². The summed E-state index contributed by atoms with van der Waals surface area (Å²) in [6, 6.07) is 6.08. The molecule has 1 saturated heterocycles. The summed E-state index contributed by atoms with van der Waals surface area (Å²) in [6.45, 7) is 2.40. The lowest BCUT2D eigenvalue weighted by Crippen LogP contribution is -2.41. The van der Waals surface area contributed by atoms with E-state index in [2.05, 4.69) is 0 Å². The monoisotopic (exact) mass is 321 g/mol. The summed E-state index contributed by atoms with van der Waals surface area (Å²) in [5, 5.41) is 0. The molecule has 0 aromatic heterocycles. The minimum absolute atomic E-state index is 0.0851. The van der Waals surface area contributed by atoms with E-state index in [1.807, 2.05) is 0 Å². The molecule has 0 aliphatic carbocycles. The van der Waals surface area contributed by atoms with Gasteiger partial charge in [-0.1, -0.05) is 18.2 Å². The van der Waals surface area contributed by atoms with Crippen molar-refractivity contribution >= 4 is 17.7 Å². The summed E-state index contributed by atoms with van der Waals surface area (Å²) in [5.74, 6) is -2.06. The maximum Gasteiger partial charge on any atom is 0.227 e. The Bertz CT molecular complexity index is 620. The number of nitrogens with two attached hydrogens (primary N) is 1. The third kappa shape index (κ3) is 4.28. The van der Waals surface area contributed by atoms with Gasteiger partial charge >= 0.3 is 0 Å². The van der Waals surface area contributed by atoms with Gasteiger partial charge in [-0.2, -0.15) is 0 Å². The van der Waals surface area contributed by atoms with E-state index in [-0.39, 0.29) is 31.3 Å². The summed E-state index contributed by atoms with van der Waals surface area (Å²) in [7, 11) is 0. The van der Waals surface area contributed by atoms with Crippen molar-refractivity contribution in [2.24, 2.45) is 11.7 Å². The van der Waals surface area contributed by atoms with Gasteiger partial charge in [-0.15, -0.1) is 0 Å². The van der Waals surface area contributed by atoms with Gasteiger partial charge in [0, 0.05) is 33.1 Å². The molecule has 7 heteroatoms. The average molecular weight is 321 g/mol. The quantitative estimate of drug-likeness (QED) is 0.861. The lowest BCUT2D eigenvalue weighted by Gasteiger charge is -2.22. The van der Waals surface area contributed by atoms with Crippen LogP contribution in [0.1, 0.15) is 12.5 Å². The molecule has 23 heavy (non-hydrogen) atoms. The number of carbonyl (C=O) groups is 3. The van der Waals surface area contributed by atoms with E-state index >= 15 is 0 Å². The molecule has 1 aromatic rings. The molecule has 0 radical (unpaired) electrons. The van der Waals surface area contributed by atoms with Crippen molar-refractivity contribution in [1.29, 1.82) is 0 Å². The first-order valence-electron chi connectivity index (χ1n) is 7.44. The van der Waals surface area contributed by atoms with Crippen molar-refractivity contribution in [2.45, 2.75) is 13.3 Å². The molecule has 1 aliphatic rings. The fourth-order valence-corrected chi connectivity index (χ4v) is 2.62. The number of carbonyl (C=O) groups excluding carboxylic acids is 3. The lowest BCUT2D eigenvalue weighted by atomic mass is 10.1. The number of amides is 3. The molecule has 0 bridgehead atoms. The minimum atomic E-state index is -0.619. The van der Waals surface area contributed by atoms with Crippen LogP contribution in [0, 0.1) is 11.7 Å². The van der Waals surface area contributed by atoms with Crippen molar-refractivity contribution in [3.63, 3.8) is 0 Å². The van der Waals surface area contributed by atoms with Crippen LogP contribution in [0.25, 0.3) is 0 Å². The number of halogens is 1. The van der Waals surface area contributed by atoms with Gasteiger partial charge in [-0.25, -0.2) is 4.39 Å². The number of hydrogen-bond donors (Lipinski definition) is 1. The van der Waals surface area contributed by atoms with Crippen LogP contribution < -0.4 is 5.73 Å². The van der Waals surface area contributed by atoms with Gasteiger partial charge in [0.2, 0.25) is 17.7 Å². The molecule has 6 nitrogen and oxygen atoms in total. The second-order valence-corrected chi connectivity index (χ2v) is 5.67. The Kier molecular flexibility index (Phi) is 5.31. The summed E-state index contributed by atoms with van der Waals surface area (Å²) < 4.78 is 13.7. The Labute approximate surface area is 134 Å². The third-order valence-electron chi connectivity index (χ3n) is 4.02. The predicted octanol–water partition coefficient (Wildman–Crippen LogP) is 0.160. The van der Waals surface area contributed by atoms with Crippen LogP contribution in [0.4, 0.5) is 4.39 Å². The van der Waals surface area contributed by atoms with Gasteiger partial charge in [0.05, 0.1) is 12.3 Å². The fourth-order valence-electron chi connectivity index (χ4n) is 2.62. The first kappa shape index (κ1) is 16.9. The lowest BCUT2D eigenvalue weighted by molar-refractivity contribution is -0.132.